The number of nitrogens with zero attached hydrogens (tertiary/aromatic N) is 8. The van der Waals surface area contributed by atoms with Gasteiger partial charge in [-0.05, 0) is 25.0 Å². The van der Waals surface area contributed by atoms with Gasteiger partial charge in [0.25, 0.3) is 0 Å². The van der Waals surface area contributed by atoms with Gasteiger partial charge < -0.3 is 4.57 Å². The molecule has 4 aromatic heterocycles. The third-order valence-corrected chi connectivity index (χ3v) is 6.22. The topological polar surface area (TPSA) is 104 Å². The molecule has 10 heteroatoms. The van der Waals surface area contributed by atoms with Gasteiger partial charge in [0.15, 0.2) is 11.3 Å². The molecule has 29 heavy (non-hydrogen) atoms. The van der Waals surface area contributed by atoms with Crippen LogP contribution in [0.15, 0.2) is 55.1 Å². The van der Waals surface area contributed by atoms with Gasteiger partial charge in [0.2, 0.25) is 5.65 Å². The smallest absolute Gasteiger partial charge is 0.221 e. The standard InChI is InChI=1S/C19H17N8OP/c1-29(2,28)15-6-4-14(5-7-15)16-9-20-18-19(23-16)27(25-24-18)11-13-3-8-17-21-12-22-26(17)10-13/h3-10,12H,11H2,1-2H3. The van der Waals surface area contributed by atoms with Crippen LogP contribution in [0.2, 0.25) is 0 Å². The molecule has 1 aromatic carbocycles. The molecule has 0 N–H and O–H groups in total. The van der Waals surface area contributed by atoms with E-state index in [1.165, 1.54) is 6.33 Å². The molecular formula is C19H17N8OP. The summed E-state index contributed by atoms with van der Waals surface area (Å²) in [4.78, 5) is 13.3. The minimum atomic E-state index is -2.29. The first-order valence-corrected chi connectivity index (χ1v) is 11.6. The summed E-state index contributed by atoms with van der Waals surface area (Å²) in [6, 6.07) is 11.5. The zero-order chi connectivity index (χ0) is 20.0. The van der Waals surface area contributed by atoms with E-state index in [1.54, 1.807) is 28.7 Å². The molecular weight excluding hydrogens is 387 g/mol. The van der Waals surface area contributed by atoms with Crippen LogP contribution in [0.1, 0.15) is 5.56 Å². The Labute approximate surface area is 165 Å². The van der Waals surface area contributed by atoms with E-state index in [-0.39, 0.29) is 0 Å². The Kier molecular flexibility index (Phi) is 3.99. The van der Waals surface area contributed by atoms with Crippen molar-refractivity contribution in [3.63, 3.8) is 0 Å². The molecule has 0 amide bonds. The number of fused-ring (bicyclic) bond motifs is 2. The molecule has 0 saturated carbocycles. The van der Waals surface area contributed by atoms with E-state index in [1.807, 2.05) is 42.6 Å². The first-order valence-electron chi connectivity index (χ1n) is 8.98. The Morgan fingerprint density at radius 1 is 1.03 bits per heavy atom. The van der Waals surface area contributed by atoms with Gasteiger partial charge in [-0.1, -0.05) is 35.5 Å². The SMILES string of the molecule is CP(C)(=O)c1ccc(-c2cnc3nnn(Cc4ccc5ncnn5c4)c3n2)cc1. The minimum Gasteiger partial charge on any atom is -0.319 e. The van der Waals surface area contributed by atoms with Gasteiger partial charge in [0.05, 0.1) is 18.4 Å². The molecule has 9 nitrogen and oxygen atoms in total. The lowest BCUT2D eigenvalue weighted by molar-refractivity contribution is 0.588. The lowest BCUT2D eigenvalue weighted by Gasteiger charge is -2.08. The number of pyridine rings is 1. The summed E-state index contributed by atoms with van der Waals surface area (Å²) in [5, 5.41) is 13.3. The van der Waals surface area contributed by atoms with E-state index in [0.29, 0.717) is 23.5 Å². The van der Waals surface area contributed by atoms with Crippen LogP contribution in [-0.4, -0.2) is 52.9 Å². The minimum absolute atomic E-state index is 0.484. The lowest BCUT2D eigenvalue weighted by atomic mass is 10.2. The zero-order valence-corrected chi connectivity index (χ0v) is 16.7. The number of rotatable bonds is 4. The molecule has 0 fully saturated rings. The summed E-state index contributed by atoms with van der Waals surface area (Å²) in [5.41, 5.74) is 4.47. The second kappa shape index (κ2) is 6.56. The molecule has 0 aliphatic rings. The summed E-state index contributed by atoms with van der Waals surface area (Å²) < 4.78 is 15.7. The highest BCUT2D eigenvalue weighted by atomic mass is 31.2. The van der Waals surface area contributed by atoms with Crippen LogP contribution >= 0.6 is 7.14 Å². The second-order valence-electron chi connectivity index (χ2n) is 7.15. The average Bonchev–Trinajstić information content (AvgIpc) is 3.34. The van der Waals surface area contributed by atoms with Crippen molar-refractivity contribution in [2.45, 2.75) is 6.54 Å². The summed E-state index contributed by atoms with van der Waals surface area (Å²) in [7, 11) is -2.29. The van der Waals surface area contributed by atoms with E-state index in [9.17, 15) is 4.57 Å². The third kappa shape index (κ3) is 3.30. The maximum absolute atomic E-state index is 12.2. The second-order valence-corrected chi connectivity index (χ2v) is 10.4. The van der Waals surface area contributed by atoms with E-state index < -0.39 is 7.14 Å². The van der Waals surface area contributed by atoms with Crippen molar-refractivity contribution < 1.29 is 4.57 Å². The molecule has 5 rings (SSSR count). The van der Waals surface area contributed by atoms with E-state index >= 15 is 0 Å². The Bertz CT molecular complexity index is 1380. The van der Waals surface area contributed by atoms with E-state index in [2.05, 4.69) is 25.4 Å². The van der Waals surface area contributed by atoms with Gasteiger partial charge in [-0.3, -0.25) is 0 Å². The summed E-state index contributed by atoms with van der Waals surface area (Å²) in [6.07, 6.45) is 5.10. The summed E-state index contributed by atoms with van der Waals surface area (Å²) in [6.45, 7) is 4.00. The molecule has 0 radical (unpaired) electrons. The monoisotopic (exact) mass is 404 g/mol. The van der Waals surface area contributed by atoms with Gasteiger partial charge in [-0.25, -0.2) is 24.1 Å². The lowest BCUT2D eigenvalue weighted by Crippen LogP contribution is -2.05. The predicted octanol–water partition coefficient (Wildman–Crippen LogP) is 2.23. The van der Waals surface area contributed by atoms with Gasteiger partial charge in [-0.2, -0.15) is 5.10 Å². The Hall–Kier alpha value is -3.45. The van der Waals surface area contributed by atoms with Crippen molar-refractivity contribution in [2.24, 2.45) is 0 Å². The van der Waals surface area contributed by atoms with Crippen LogP contribution in [0.4, 0.5) is 0 Å². The average molecular weight is 404 g/mol. The first-order chi connectivity index (χ1) is 14.0. The largest absolute Gasteiger partial charge is 0.319 e. The molecule has 0 saturated heterocycles. The van der Waals surface area contributed by atoms with Crippen LogP contribution in [0.25, 0.3) is 28.2 Å². The van der Waals surface area contributed by atoms with Crippen LogP contribution in [0.5, 0.6) is 0 Å². The van der Waals surface area contributed by atoms with Crippen molar-refractivity contribution >= 4 is 29.4 Å². The molecule has 4 heterocycles. The van der Waals surface area contributed by atoms with Crippen LogP contribution < -0.4 is 5.30 Å². The molecule has 0 bridgehead atoms. The molecule has 0 spiro atoms. The Morgan fingerprint density at radius 3 is 2.66 bits per heavy atom. The van der Waals surface area contributed by atoms with Crippen LogP contribution in [0.3, 0.4) is 0 Å². The highest BCUT2D eigenvalue weighted by Crippen LogP contribution is 2.34. The number of hydrogen-bond donors (Lipinski definition) is 0. The zero-order valence-electron chi connectivity index (χ0n) is 15.8. The van der Waals surface area contributed by atoms with E-state index in [0.717, 1.165) is 22.1 Å². The first kappa shape index (κ1) is 17.6. The van der Waals surface area contributed by atoms with Gasteiger partial charge in [-0.15, -0.1) is 5.10 Å². The molecule has 0 atom stereocenters. The molecule has 0 unspecified atom stereocenters. The van der Waals surface area contributed by atoms with Crippen molar-refractivity contribution in [3.8, 4) is 11.3 Å². The van der Waals surface area contributed by atoms with Gasteiger partial charge in [0, 0.05) is 17.1 Å². The predicted molar refractivity (Wildman–Crippen MR) is 110 cm³/mol. The van der Waals surface area contributed by atoms with Crippen LogP contribution in [-0.2, 0) is 11.1 Å². The molecule has 0 aliphatic heterocycles. The Morgan fingerprint density at radius 2 is 1.86 bits per heavy atom. The number of aromatic nitrogens is 8. The highest BCUT2D eigenvalue weighted by molar-refractivity contribution is 7.70. The van der Waals surface area contributed by atoms with Crippen molar-refractivity contribution in [1.29, 1.82) is 0 Å². The fraction of sp³-hybridized carbons (Fsp3) is 0.158. The third-order valence-electron chi connectivity index (χ3n) is 4.68. The van der Waals surface area contributed by atoms with Gasteiger partial charge in [0.1, 0.15) is 13.5 Å². The van der Waals surface area contributed by atoms with Crippen molar-refractivity contribution in [2.75, 3.05) is 13.3 Å². The van der Waals surface area contributed by atoms with E-state index in [4.69, 9.17) is 4.98 Å². The van der Waals surface area contributed by atoms with Crippen molar-refractivity contribution in [3.05, 3.63) is 60.7 Å². The maximum atomic E-state index is 12.2. The summed E-state index contributed by atoms with van der Waals surface area (Å²) in [5.74, 6) is 0. The van der Waals surface area contributed by atoms with Crippen molar-refractivity contribution in [1.82, 2.24) is 39.6 Å². The fourth-order valence-electron chi connectivity index (χ4n) is 3.12. The fourth-order valence-corrected chi connectivity index (χ4v) is 3.99. The van der Waals surface area contributed by atoms with Gasteiger partial charge >= 0.3 is 0 Å². The number of benzene rings is 1. The maximum Gasteiger partial charge on any atom is 0.221 e. The molecule has 5 aromatic rings. The molecule has 144 valence electrons. The summed E-state index contributed by atoms with van der Waals surface area (Å²) >= 11 is 0. The number of hydrogen-bond acceptors (Lipinski definition) is 7. The normalized spacial score (nSPS) is 12.1. The molecule has 0 aliphatic carbocycles. The Balaban J connectivity index is 1.50. The highest BCUT2D eigenvalue weighted by Gasteiger charge is 2.13. The quantitative estimate of drug-likeness (QED) is 0.423. The van der Waals surface area contributed by atoms with Crippen LogP contribution in [0, 0.1) is 0 Å².